The summed E-state index contributed by atoms with van der Waals surface area (Å²) in [5, 5.41) is 14.8. The fourth-order valence-corrected chi connectivity index (χ4v) is 2.14. The Hall–Kier alpha value is -2.35. The van der Waals surface area contributed by atoms with E-state index in [-0.39, 0.29) is 5.56 Å². The third-order valence-electron chi connectivity index (χ3n) is 2.97. The van der Waals surface area contributed by atoms with Crippen LogP contribution >= 0.6 is 0 Å². The first-order valence-corrected chi connectivity index (χ1v) is 5.38. The summed E-state index contributed by atoms with van der Waals surface area (Å²) < 4.78 is 0. The molecular formula is C15H9O2. The van der Waals surface area contributed by atoms with Gasteiger partial charge in [-0.3, -0.25) is 0 Å². The van der Waals surface area contributed by atoms with Crippen molar-refractivity contribution in [1.82, 2.24) is 0 Å². The normalized spacial score (nSPS) is 10.8. The second kappa shape index (κ2) is 3.59. The van der Waals surface area contributed by atoms with E-state index >= 15 is 0 Å². The molecular weight excluding hydrogens is 212 g/mol. The quantitative estimate of drug-likeness (QED) is 0.579. The molecule has 0 fully saturated rings. The minimum atomic E-state index is -1.13. The van der Waals surface area contributed by atoms with E-state index in [0.717, 1.165) is 21.5 Å². The Balaban J connectivity index is 2.47. The fourth-order valence-electron chi connectivity index (χ4n) is 2.14. The highest BCUT2D eigenvalue weighted by Crippen LogP contribution is 2.25. The van der Waals surface area contributed by atoms with E-state index in [4.69, 9.17) is 0 Å². The highest BCUT2D eigenvalue weighted by Gasteiger charge is 2.10. The van der Waals surface area contributed by atoms with Crippen LogP contribution in [0.15, 0.2) is 54.6 Å². The first-order valence-electron chi connectivity index (χ1n) is 5.38. The predicted octanol–water partition coefficient (Wildman–Crippen LogP) is 3.56. The van der Waals surface area contributed by atoms with Gasteiger partial charge in [-0.05, 0) is 39.7 Å². The molecule has 0 aliphatic rings. The lowest BCUT2D eigenvalue weighted by Crippen LogP contribution is -1.95. The Morgan fingerprint density at radius 1 is 0.765 bits per heavy atom. The zero-order valence-corrected chi connectivity index (χ0v) is 9.01. The molecule has 0 N–H and O–H groups in total. The minimum absolute atomic E-state index is 0.244. The molecule has 3 aromatic rings. The molecule has 1 radical (unpaired) electrons. The van der Waals surface area contributed by atoms with E-state index in [1.807, 2.05) is 42.5 Å². The van der Waals surface area contributed by atoms with Gasteiger partial charge in [0.25, 0.3) is 0 Å². The summed E-state index contributed by atoms with van der Waals surface area (Å²) in [5.74, 6) is -1.13. The molecule has 81 valence electrons. The summed E-state index contributed by atoms with van der Waals surface area (Å²) in [7, 11) is 0. The van der Waals surface area contributed by atoms with Gasteiger partial charge in [0.05, 0.1) is 5.56 Å². The van der Waals surface area contributed by atoms with Crippen LogP contribution in [0.5, 0.6) is 0 Å². The van der Waals surface area contributed by atoms with Gasteiger partial charge in [0.15, 0.2) is 0 Å². The van der Waals surface area contributed by atoms with Crippen LogP contribution in [0.3, 0.4) is 0 Å². The molecule has 0 saturated heterocycles. The van der Waals surface area contributed by atoms with Gasteiger partial charge in [-0.1, -0.05) is 36.4 Å². The minimum Gasteiger partial charge on any atom is -0.241 e. The van der Waals surface area contributed by atoms with Crippen molar-refractivity contribution < 1.29 is 9.90 Å². The Bertz CT molecular complexity index is 729. The van der Waals surface area contributed by atoms with E-state index in [9.17, 15) is 9.90 Å². The molecule has 2 nitrogen and oxygen atoms in total. The third kappa shape index (κ3) is 1.54. The molecule has 0 bridgehead atoms. The van der Waals surface area contributed by atoms with E-state index < -0.39 is 5.97 Å². The fraction of sp³-hybridized carbons (Fsp3) is 0. The van der Waals surface area contributed by atoms with Gasteiger partial charge in [-0.15, -0.1) is 0 Å². The zero-order valence-electron chi connectivity index (χ0n) is 9.01. The van der Waals surface area contributed by atoms with E-state index in [2.05, 4.69) is 0 Å². The van der Waals surface area contributed by atoms with Gasteiger partial charge in [-0.2, -0.15) is 0 Å². The molecule has 0 atom stereocenters. The summed E-state index contributed by atoms with van der Waals surface area (Å²) in [6.45, 7) is 0. The molecule has 0 aliphatic heterocycles. The highest BCUT2D eigenvalue weighted by molar-refractivity contribution is 6.08. The van der Waals surface area contributed by atoms with Crippen molar-refractivity contribution in [3.63, 3.8) is 0 Å². The summed E-state index contributed by atoms with van der Waals surface area (Å²) in [6, 6.07) is 17.0. The standard InChI is InChI=1S/C15H9O2/c16-15(17)13-7-3-6-12-8-10-4-1-2-5-11(10)9-14(12)13/h1-9H. The molecule has 3 rings (SSSR count). The average molecular weight is 221 g/mol. The molecule has 0 saturated carbocycles. The van der Waals surface area contributed by atoms with Crippen molar-refractivity contribution in [2.45, 2.75) is 0 Å². The second-order valence-corrected chi connectivity index (χ2v) is 4.01. The first-order chi connectivity index (χ1) is 8.25. The van der Waals surface area contributed by atoms with E-state index in [0.29, 0.717) is 0 Å². The molecule has 0 aliphatic carbocycles. The van der Waals surface area contributed by atoms with Gasteiger partial charge in [0.1, 0.15) is 0 Å². The molecule has 0 amide bonds. The second-order valence-electron chi connectivity index (χ2n) is 4.01. The number of carbonyl (C=O) groups is 1. The monoisotopic (exact) mass is 221 g/mol. The molecule has 17 heavy (non-hydrogen) atoms. The number of carbonyl (C=O) groups excluding carboxylic acids is 1. The lowest BCUT2D eigenvalue weighted by molar-refractivity contribution is 0.0575. The zero-order chi connectivity index (χ0) is 11.8. The van der Waals surface area contributed by atoms with Crippen LogP contribution in [-0.4, -0.2) is 5.97 Å². The van der Waals surface area contributed by atoms with Crippen molar-refractivity contribution in [1.29, 1.82) is 0 Å². The Kier molecular flexibility index (Phi) is 2.08. The molecule has 0 aromatic heterocycles. The first kappa shape index (κ1) is 9.85. The highest BCUT2D eigenvalue weighted by atomic mass is 16.4. The predicted molar refractivity (Wildman–Crippen MR) is 66.5 cm³/mol. The van der Waals surface area contributed by atoms with Crippen molar-refractivity contribution in [3.8, 4) is 0 Å². The van der Waals surface area contributed by atoms with Gasteiger partial charge in [0.2, 0.25) is 0 Å². The van der Waals surface area contributed by atoms with Crippen LogP contribution in [-0.2, 0) is 5.11 Å². The van der Waals surface area contributed by atoms with Crippen LogP contribution < -0.4 is 0 Å². The molecule has 0 unspecified atom stereocenters. The molecule has 2 heteroatoms. The van der Waals surface area contributed by atoms with Crippen molar-refractivity contribution in [2.75, 3.05) is 0 Å². The number of fused-ring (bicyclic) bond motifs is 2. The van der Waals surface area contributed by atoms with Crippen LogP contribution in [0.25, 0.3) is 21.5 Å². The lowest BCUT2D eigenvalue weighted by Gasteiger charge is -2.04. The summed E-state index contributed by atoms with van der Waals surface area (Å²) >= 11 is 0. The average Bonchev–Trinajstić information content (AvgIpc) is 2.35. The van der Waals surface area contributed by atoms with Crippen molar-refractivity contribution >= 4 is 27.5 Å². The number of rotatable bonds is 1. The summed E-state index contributed by atoms with van der Waals surface area (Å²) in [5.41, 5.74) is 0.244. The molecule has 3 aromatic carbocycles. The van der Waals surface area contributed by atoms with Crippen LogP contribution in [0, 0.1) is 0 Å². The molecule has 0 spiro atoms. The summed E-state index contributed by atoms with van der Waals surface area (Å²) in [4.78, 5) is 11.0. The Morgan fingerprint density at radius 3 is 2.12 bits per heavy atom. The van der Waals surface area contributed by atoms with Gasteiger partial charge < -0.3 is 0 Å². The van der Waals surface area contributed by atoms with Gasteiger partial charge in [-0.25, -0.2) is 9.90 Å². The Labute approximate surface area is 98.1 Å². The van der Waals surface area contributed by atoms with Crippen LogP contribution in [0.1, 0.15) is 10.4 Å². The van der Waals surface area contributed by atoms with Gasteiger partial charge >= 0.3 is 5.97 Å². The summed E-state index contributed by atoms with van der Waals surface area (Å²) in [6.07, 6.45) is 0. The SMILES string of the molecule is [O]C(=O)c1cccc2cc3ccccc3cc12. The van der Waals surface area contributed by atoms with E-state index in [1.165, 1.54) is 0 Å². The Morgan fingerprint density at radius 2 is 1.41 bits per heavy atom. The number of benzene rings is 3. The maximum absolute atomic E-state index is 11.0. The van der Waals surface area contributed by atoms with Crippen LogP contribution in [0.4, 0.5) is 0 Å². The van der Waals surface area contributed by atoms with E-state index in [1.54, 1.807) is 12.1 Å². The third-order valence-corrected chi connectivity index (χ3v) is 2.97. The smallest absolute Gasteiger partial charge is 0.241 e. The maximum Gasteiger partial charge on any atom is 0.386 e. The number of hydrogen-bond donors (Lipinski definition) is 0. The van der Waals surface area contributed by atoms with Gasteiger partial charge in [0, 0.05) is 0 Å². The van der Waals surface area contributed by atoms with Crippen molar-refractivity contribution in [2.24, 2.45) is 0 Å². The lowest BCUT2D eigenvalue weighted by atomic mass is 10.00. The maximum atomic E-state index is 11.0. The topological polar surface area (TPSA) is 37.0 Å². The number of hydrogen-bond acceptors (Lipinski definition) is 1. The van der Waals surface area contributed by atoms with Crippen LogP contribution in [0.2, 0.25) is 0 Å². The largest absolute Gasteiger partial charge is 0.386 e. The molecule has 0 heterocycles. The van der Waals surface area contributed by atoms with Crippen molar-refractivity contribution in [3.05, 3.63) is 60.2 Å².